The van der Waals surface area contributed by atoms with Crippen molar-refractivity contribution in [3.8, 4) is 0 Å². The van der Waals surface area contributed by atoms with Gasteiger partial charge in [-0.15, -0.1) is 0 Å². The van der Waals surface area contributed by atoms with Crippen LogP contribution in [0, 0.1) is 11.8 Å². The largest absolute Gasteiger partial charge is 0.481 e. The van der Waals surface area contributed by atoms with Gasteiger partial charge >= 0.3 is 5.97 Å². The van der Waals surface area contributed by atoms with Crippen LogP contribution < -0.4 is 0 Å². The Kier molecular flexibility index (Phi) is 2.51. The highest BCUT2D eigenvalue weighted by molar-refractivity contribution is 5.72. The van der Waals surface area contributed by atoms with Crippen LogP contribution in [0.15, 0.2) is 24.3 Å². The molecule has 1 N–H and O–H groups in total. The van der Waals surface area contributed by atoms with Crippen molar-refractivity contribution >= 4 is 5.97 Å². The number of carboxylic acid groups (broad SMARTS) is 1. The summed E-state index contributed by atoms with van der Waals surface area (Å²) in [5, 5.41) is 9.20. The van der Waals surface area contributed by atoms with Crippen LogP contribution in [0.25, 0.3) is 0 Å². The van der Waals surface area contributed by atoms with E-state index in [1.54, 1.807) is 0 Å². The van der Waals surface area contributed by atoms with E-state index in [4.69, 9.17) is 0 Å². The predicted octanol–water partition coefficient (Wildman–Crippen LogP) is 2.68. The SMILES string of the molecule is CC(C)C(C(=O)O)C1Cc2ccccc21. The Labute approximate surface area is 89.9 Å². The molecule has 15 heavy (non-hydrogen) atoms. The molecule has 0 radical (unpaired) electrons. The maximum Gasteiger partial charge on any atom is 0.307 e. The first kappa shape index (κ1) is 10.2. The second kappa shape index (κ2) is 3.69. The summed E-state index contributed by atoms with van der Waals surface area (Å²) in [5.41, 5.74) is 2.55. The summed E-state index contributed by atoms with van der Waals surface area (Å²) in [4.78, 5) is 11.2. The van der Waals surface area contributed by atoms with Crippen LogP contribution in [0.3, 0.4) is 0 Å². The highest BCUT2D eigenvalue weighted by atomic mass is 16.4. The number of carboxylic acids is 1. The van der Waals surface area contributed by atoms with Crippen molar-refractivity contribution in [1.29, 1.82) is 0 Å². The highest BCUT2D eigenvalue weighted by Gasteiger charge is 2.38. The Balaban J connectivity index is 2.25. The standard InChI is InChI=1S/C13H16O2/c1-8(2)12(13(14)15)11-7-9-5-3-4-6-10(9)11/h3-6,8,11-12H,7H2,1-2H3,(H,14,15). The van der Waals surface area contributed by atoms with E-state index < -0.39 is 5.97 Å². The summed E-state index contributed by atoms with van der Waals surface area (Å²) in [6.07, 6.45) is 0.922. The van der Waals surface area contributed by atoms with Crippen LogP contribution in [0.4, 0.5) is 0 Å². The van der Waals surface area contributed by atoms with Crippen LogP contribution in [0.1, 0.15) is 30.9 Å². The molecule has 2 rings (SSSR count). The van der Waals surface area contributed by atoms with Crippen molar-refractivity contribution in [2.45, 2.75) is 26.2 Å². The van der Waals surface area contributed by atoms with E-state index in [-0.39, 0.29) is 17.8 Å². The van der Waals surface area contributed by atoms with Crippen molar-refractivity contribution in [1.82, 2.24) is 0 Å². The van der Waals surface area contributed by atoms with Gasteiger partial charge in [0.15, 0.2) is 0 Å². The molecular weight excluding hydrogens is 188 g/mol. The van der Waals surface area contributed by atoms with Gasteiger partial charge in [-0.1, -0.05) is 38.1 Å². The topological polar surface area (TPSA) is 37.3 Å². The van der Waals surface area contributed by atoms with Gasteiger partial charge < -0.3 is 5.11 Å². The molecule has 1 aliphatic rings. The van der Waals surface area contributed by atoms with E-state index in [0.29, 0.717) is 0 Å². The van der Waals surface area contributed by atoms with Crippen LogP contribution in [0.2, 0.25) is 0 Å². The van der Waals surface area contributed by atoms with Crippen LogP contribution in [0.5, 0.6) is 0 Å². The summed E-state index contributed by atoms with van der Waals surface area (Å²) in [6.45, 7) is 3.97. The number of rotatable bonds is 3. The smallest absolute Gasteiger partial charge is 0.307 e. The zero-order valence-corrected chi connectivity index (χ0v) is 9.10. The predicted molar refractivity (Wildman–Crippen MR) is 58.9 cm³/mol. The molecule has 2 nitrogen and oxygen atoms in total. The molecule has 0 bridgehead atoms. The lowest BCUT2D eigenvalue weighted by Gasteiger charge is -2.36. The molecule has 0 saturated heterocycles. The minimum Gasteiger partial charge on any atom is -0.481 e. The summed E-state index contributed by atoms with van der Waals surface area (Å²) < 4.78 is 0. The van der Waals surface area contributed by atoms with Gasteiger partial charge in [0.05, 0.1) is 5.92 Å². The van der Waals surface area contributed by atoms with Gasteiger partial charge in [0.25, 0.3) is 0 Å². The van der Waals surface area contributed by atoms with E-state index in [9.17, 15) is 9.90 Å². The average molecular weight is 204 g/mol. The summed E-state index contributed by atoms with van der Waals surface area (Å²) >= 11 is 0. The van der Waals surface area contributed by atoms with Gasteiger partial charge in [0.1, 0.15) is 0 Å². The third-order valence-electron chi connectivity index (χ3n) is 3.33. The lowest BCUT2D eigenvalue weighted by atomic mass is 9.67. The summed E-state index contributed by atoms with van der Waals surface area (Å²) in [5.74, 6) is -0.482. The quantitative estimate of drug-likeness (QED) is 0.821. The fraction of sp³-hybridized carbons (Fsp3) is 0.462. The van der Waals surface area contributed by atoms with Gasteiger partial charge in [-0.2, -0.15) is 0 Å². The lowest BCUT2D eigenvalue weighted by molar-refractivity contribution is -0.144. The number of benzene rings is 1. The van der Waals surface area contributed by atoms with Crippen molar-refractivity contribution in [3.63, 3.8) is 0 Å². The van der Waals surface area contributed by atoms with E-state index in [2.05, 4.69) is 12.1 Å². The first-order valence-electron chi connectivity index (χ1n) is 5.42. The summed E-state index contributed by atoms with van der Waals surface area (Å²) in [6, 6.07) is 8.15. The second-order valence-corrected chi connectivity index (χ2v) is 4.62. The summed E-state index contributed by atoms with van der Waals surface area (Å²) in [7, 11) is 0. The molecule has 2 atom stereocenters. The van der Waals surface area contributed by atoms with E-state index in [1.807, 2.05) is 26.0 Å². The monoisotopic (exact) mass is 204 g/mol. The van der Waals surface area contributed by atoms with E-state index >= 15 is 0 Å². The molecule has 2 unspecified atom stereocenters. The van der Waals surface area contributed by atoms with Gasteiger partial charge in [0.2, 0.25) is 0 Å². The highest BCUT2D eigenvalue weighted by Crippen LogP contribution is 2.42. The van der Waals surface area contributed by atoms with Gasteiger partial charge in [-0.3, -0.25) is 4.79 Å². The molecule has 0 aromatic heterocycles. The van der Waals surface area contributed by atoms with Crippen molar-refractivity contribution in [2.75, 3.05) is 0 Å². The van der Waals surface area contributed by atoms with Gasteiger partial charge in [-0.25, -0.2) is 0 Å². The van der Waals surface area contributed by atoms with Gasteiger partial charge in [0, 0.05) is 5.92 Å². The Bertz CT molecular complexity index is 382. The lowest BCUT2D eigenvalue weighted by Crippen LogP contribution is -2.33. The maximum absolute atomic E-state index is 11.2. The zero-order valence-electron chi connectivity index (χ0n) is 9.10. The molecule has 2 heteroatoms. The Morgan fingerprint density at radius 1 is 1.40 bits per heavy atom. The number of hydrogen-bond donors (Lipinski definition) is 1. The minimum atomic E-state index is -0.662. The Morgan fingerprint density at radius 3 is 2.60 bits per heavy atom. The molecule has 0 heterocycles. The first-order chi connectivity index (χ1) is 7.11. The molecule has 1 aliphatic carbocycles. The first-order valence-corrected chi connectivity index (χ1v) is 5.42. The maximum atomic E-state index is 11.2. The minimum absolute atomic E-state index is 0.195. The fourth-order valence-electron chi connectivity index (χ4n) is 2.54. The van der Waals surface area contributed by atoms with Crippen LogP contribution in [-0.2, 0) is 11.2 Å². The number of fused-ring (bicyclic) bond motifs is 1. The number of hydrogen-bond acceptors (Lipinski definition) is 1. The normalized spacial score (nSPS) is 20.6. The molecule has 0 fully saturated rings. The molecule has 0 aliphatic heterocycles. The number of carbonyl (C=O) groups is 1. The van der Waals surface area contributed by atoms with E-state index in [0.717, 1.165) is 6.42 Å². The third-order valence-corrected chi connectivity index (χ3v) is 3.33. The van der Waals surface area contributed by atoms with Gasteiger partial charge in [-0.05, 0) is 23.5 Å². The Hall–Kier alpha value is -1.31. The fourth-order valence-corrected chi connectivity index (χ4v) is 2.54. The molecule has 0 amide bonds. The van der Waals surface area contributed by atoms with E-state index in [1.165, 1.54) is 11.1 Å². The van der Waals surface area contributed by atoms with Crippen LogP contribution in [-0.4, -0.2) is 11.1 Å². The molecule has 0 saturated carbocycles. The Morgan fingerprint density at radius 2 is 2.07 bits per heavy atom. The second-order valence-electron chi connectivity index (χ2n) is 4.62. The molecule has 1 aromatic carbocycles. The molecule has 80 valence electrons. The third kappa shape index (κ3) is 1.65. The van der Waals surface area contributed by atoms with Crippen molar-refractivity contribution in [3.05, 3.63) is 35.4 Å². The molecule has 0 spiro atoms. The zero-order chi connectivity index (χ0) is 11.0. The average Bonchev–Trinajstić information content (AvgIpc) is 2.12. The van der Waals surface area contributed by atoms with Crippen molar-refractivity contribution in [2.24, 2.45) is 11.8 Å². The molecule has 1 aromatic rings. The number of aliphatic carboxylic acids is 1. The van der Waals surface area contributed by atoms with Crippen molar-refractivity contribution < 1.29 is 9.90 Å². The molecular formula is C13H16O2. The van der Waals surface area contributed by atoms with Crippen LogP contribution >= 0.6 is 0 Å².